The summed E-state index contributed by atoms with van der Waals surface area (Å²) in [6.45, 7) is 4.31. The van der Waals surface area contributed by atoms with E-state index in [9.17, 15) is 4.79 Å². The number of aromatic amines is 1. The Morgan fingerprint density at radius 2 is 1.90 bits per heavy atom. The van der Waals surface area contributed by atoms with Crippen molar-refractivity contribution in [3.63, 3.8) is 0 Å². The van der Waals surface area contributed by atoms with Gasteiger partial charge in [-0.1, -0.05) is 26.7 Å². The monoisotopic (exact) mass is 273 g/mol. The van der Waals surface area contributed by atoms with Crippen molar-refractivity contribution in [2.45, 2.75) is 52.4 Å². The molecular formula is C16H23N3O. The Morgan fingerprint density at radius 1 is 1.20 bits per heavy atom. The number of primary amides is 1. The number of hydrogen-bond donors (Lipinski definition) is 2. The van der Waals surface area contributed by atoms with Crippen LogP contribution in [0.2, 0.25) is 0 Å². The van der Waals surface area contributed by atoms with Crippen LogP contribution in [0.4, 0.5) is 0 Å². The first kappa shape index (κ1) is 14.6. The molecule has 0 unspecified atom stereocenters. The molecule has 4 heteroatoms. The van der Waals surface area contributed by atoms with E-state index in [1.54, 1.807) is 6.07 Å². The summed E-state index contributed by atoms with van der Waals surface area (Å²) in [5, 5.41) is 0. The quantitative estimate of drug-likeness (QED) is 0.812. The SMILES string of the molecule is CCCCc1nc2ccc(C(N)=O)c(CCCC)c2[nH]1. The van der Waals surface area contributed by atoms with Gasteiger partial charge in [0.05, 0.1) is 11.0 Å². The minimum Gasteiger partial charge on any atom is -0.366 e. The molecule has 0 saturated heterocycles. The number of unbranched alkanes of at least 4 members (excludes halogenated alkanes) is 2. The highest BCUT2D eigenvalue weighted by Gasteiger charge is 2.14. The summed E-state index contributed by atoms with van der Waals surface area (Å²) in [6.07, 6.45) is 6.21. The van der Waals surface area contributed by atoms with Crippen LogP contribution in [0.1, 0.15) is 61.3 Å². The van der Waals surface area contributed by atoms with Gasteiger partial charge in [-0.3, -0.25) is 4.79 Å². The first-order chi connectivity index (χ1) is 9.67. The predicted molar refractivity (Wildman–Crippen MR) is 81.8 cm³/mol. The van der Waals surface area contributed by atoms with Gasteiger partial charge in [-0.15, -0.1) is 0 Å². The van der Waals surface area contributed by atoms with Crippen molar-refractivity contribution in [2.24, 2.45) is 5.73 Å². The van der Waals surface area contributed by atoms with E-state index < -0.39 is 0 Å². The highest BCUT2D eigenvalue weighted by atomic mass is 16.1. The number of H-pyrrole nitrogens is 1. The maximum atomic E-state index is 11.6. The van der Waals surface area contributed by atoms with Crippen molar-refractivity contribution in [1.29, 1.82) is 0 Å². The number of aryl methyl sites for hydroxylation is 2. The molecule has 108 valence electrons. The maximum absolute atomic E-state index is 11.6. The van der Waals surface area contributed by atoms with Crippen molar-refractivity contribution < 1.29 is 4.79 Å². The van der Waals surface area contributed by atoms with Crippen molar-refractivity contribution in [1.82, 2.24) is 9.97 Å². The average Bonchev–Trinajstić information content (AvgIpc) is 2.85. The number of aromatic nitrogens is 2. The Balaban J connectivity index is 2.46. The lowest BCUT2D eigenvalue weighted by atomic mass is 10.00. The number of carbonyl (C=O) groups is 1. The fourth-order valence-electron chi connectivity index (χ4n) is 2.49. The van der Waals surface area contributed by atoms with Crippen LogP contribution in [0.5, 0.6) is 0 Å². The zero-order valence-corrected chi connectivity index (χ0v) is 12.3. The average molecular weight is 273 g/mol. The van der Waals surface area contributed by atoms with Gasteiger partial charge in [0.25, 0.3) is 0 Å². The third-order valence-corrected chi connectivity index (χ3v) is 3.63. The van der Waals surface area contributed by atoms with Crippen molar-refractivity contribution in [2.75, 3.05) is 0 Å². The van der Waals surface area contributed by atoms with Gasteiger partial charge in [-0.25, -0.2) is 4.98 Å². The molecule has 2 aromatic rings. The molecule has 2 rings (SSSR count). The highest BCUT2D eigenvalue weighted by molar-refractivity contribution is 5.99. The summed E-state index contributed by atoms with van der Waals surface area (Å²) in [5.74, 6) is 0.643. The van der Waals surface area contributed by atoms with E-state index in [1.807, 2.05) is 6.07 Å². The van der Waals surface area contributed by atoms with E-state index in [-0.39, 0.29) is 5.91 Å². The van der Waals surface area contributed by atoms with Crippen LogP contribution < -0.4 is 5.73 Å². The van der Waals surface area contributed by atoms with Crippen LogP contribution in [0.15, 0.2) is 12.1 Å². The molecule has 0 aliphatic rings. The summed E-state index contributed by atoms with van der Waals surface area (Å²) >= 11 is 0. The number of benzene rings is 1. The lowest BCUT2D eigenvalue weighted by molar-refractivity contribution is 0.0999. The van der Waals surface area contributed by atoms with Gasteiger partial charge in [0.15, 0.2) is 0 Å². The van der Waals surface area contributed by atoms with Gasteiger partial charge in [0.2, 0.25) is 5.91 Å². The van der Waals surface area contributed by atoms with Gasteiger partial charge in [0, 0.05) is 12.0 Å². The molecule has 20 heavy (non-hydrogen) atoms. The molecule has 3 N–H and O–H groups in total. The number of rotatable bonds is 7. The molecule has 0 aliphatic carbocycles. The predicted octanol–water partition coefficient (Wildman–Crippen LogP) is 3.35. The molecule has 1 aromatic carbocycles. The number of imidazole rings is 1. The topological polar surface area (TPSA) is 71.8 Å². The molecule has 0 radical (unpaired) electrons. The summed E-state index contributed by atoms with van der Waals surface area (Å²) in [7, 11) is 0. The molecule has 0 atom stereocenters. The molecule has 1 aromatic heterocycles. The number of hydrogen-bond acceptors (Lipinski definition) is 2. The lowest BCUT2D eigenvalue weighted by Gasteiger charge is -2.07. The molecule has 0 saturated carbocycles. The van der Waals surface area contributed by atoms with Crippen molar-refractivity contribution >= 4 is 16.9 Å². The third kappa shape index (κ3) is 3.00. The summed E-state index contributed by atoms with van der Waals surface area (Å²) in [6, 6.07) is 3.69. The summed E-state index contributed by atoms with van der Waals surface area (Å²) in [5.41, 5.74) is 9.06. The van der Waals surface area contributed by atoms with E-state index in [4.69, 9.17) is 5.73 Å². The second-order valence-electron chi connectivity index (χ2n) is 5.24. The Kier molecular flexibility index (Phi) is 4.77. The number of nitrogens with two attached hydrogens (primary N) is 1. The largest absolute Gasteiger partial charge is 0.366 e. The number of nitrogens with one attached hydrogen (secondary N) is 1. The molecule has 0 aliphatic heterocycles. The van der Waals surface area contributed by atoms with Crippen molar-refractivity contribution in [3.8, 4) is 0 Å². The standard InChI is InChI=1S/C16H23N3O/c1-3-5-7-11-12(16(17)20)9-10-13-15(11)19-14(18-13)8-6-4-2/h9-10H,3-8H2,1-2H3,(H2,17,20)(H,18,19). The van der Waals surface area contributed by atoms with Crippen LogP contribution in [0.3, 0.4) is 0 Å². The molecular weight excluding hydrogens is 250 g/mol. The number of nitrogens with zero attached hydrogens (tertiary/aromatic N) is 1. The van der Waals surface area contributed by atoms with Crippen LogP contribution in [-0.2, 0) is 12.8 Å². The van der Waals surface area contributed by atoms with Crippen LogP contribution in [0, 0.1) is 0 Å². The van der Waals surface area contributed by atoms with Crippen LogP contribution >= 0.6 is 0 Å². The lowest BCUT2D eigenvalue weighted by Crippen LogP contribution is -2.14. The number of fused-ring (bicyclic) bond motifs is 1. The van der Waals surface area contributed by atoms with Gasteiger partial charge < -0.3 is 10.7 Å². The molecule has 0 fully saturated rings. The van der Waals surface area contributed by atoms with Crippen LogP contribution in [0.25, 0.3) is 11.0 Å². The molecule has 0 spiro atoms. The second kappa shape index (κ2) is 6.55. The Bertz CT molecular complexity index is 601. The molecule has 1 amide bonds. The normalized spacial score (nSPS) is 11.1. The van der Waals surface area contributed by atoms with E-state index >= 15 is 0 Å². The highest BCUT2D eigenvalue weighted by Crippen LogP contribution is 2.23. The summed E-state index contributed by atoms with van der Waals surface area (Å²) < 4.78 is 0. The molecule has 1 heterocycles. The molecule has 4 nitrogen and oxygen atoms in total. The third-order valence-electron chi connectivity index (χ3n) is 3.63. The Morgan fingerprint density at radius 3 is 2.55 bits per heavy atom. The van der Waals surface area contributed by atoms with Gasteiger partial charge in [-0.2, -0.15) is 0 Å². The van der Waals surface area contributed by atoms with Crippen LogP contribution in [-0.4, -0.2) is 15.9 Å². The fraction of sp³-hybridized carbons (Fsp3) is 0.500. The number of amides is 1. The maximum Gasteiger partial charge on any atom is 0.249 e. The van der Waals surface area contributed by atoms with Gasteiger partial charge in [-0.05, 0) is 37.0 Å². The second-order valence-corrected chi connectivity index (χ2v) is 5.24. The van der Waals surface area contributed by atoms with Gasteiger partial charge >= 0.3 is 0 Å². The summed E-state index contributed by atoms with van der Waals surface area (Å²) in [4.78, 5) is 19.6. The molecule has 0 bridgehead atoms. The minimum absolute atomic E-state index is 0.359. The minimum atomic E-state index is -0.359. The Labute approximate surface area is 119 Å². The first-order valence-electron chi connectivity index (χ1n) is 7.47. The zero-order valence-electron chi connectivity index (χ0n) is 12.3. The van der Waals surface area contributed by atoms with Gasteiger partial charge in [0.1, 0.15) is 5.82 Å². The van der Waals surface area contributed by atoms with Crippen molar-refractivity contribution in [3.05, 3.63) is 29.1 Å². The zero-order chi connectivity index (χ0) is 14.5. The van der Waals surface area contributed by atoms with E-state index in [1.165, 1.54) is 0 Å². The van der Waals surface area contributed by atoms with E-state index in [2.05, 4.69) is 23.8 Å². The van der Waals surface area contributed by atoms with E-state index in [0.29, 0.717) is 5.56 Å². The Hall–Kier alpha value is -1.84. The number of carbonyl (C=O) groups excluding carboxylic acids is 1. The van der Waals surface area contributed by atoms with E-state index in [0.717, 1.165) is 60.9 Å². The smallest absolute Gasteiger partial charge is 0.249 e. The first-order valence-corrected chi connectivity index (χ1v) is 7.47. The fourth-order valence-corrected chi connectivity index (χ4v) is 2.49.